The van der Waals surface area contributed by atoms with E-state index in [0.717, 1.165) is 19.3 Å². The molecule has 1 amide bonds. The van der Waals surface area contributed by atoms with Crippen LogP contribution in [0.2, 0.25) is 0 Å². The highest BCUT2D eigenvalue weighted by Gasteiger charge is 2.33. The SMILES string of the molecule is CNC(=O)Cc1noc(C[C@@H]2CCC(C)(C)c3ccccc32)n1. The molecule has 1 N–H and O–H groups in total. The molecular weight excluding hydrogens is 290 g/mol. The number of aromatic nitrogens is 2. The number of carbonyl (C=O) groups excluding carboxylic acids is 1. The zero-order valence-corrected chi connectivity index (χ0v) is 13.9. The quantitative estimate of drug-likeness (QED) is 0.942. The average Bonchev–Trinajstić information content (AvgIpc) is 2.97. The van der Waals surface area contributed by atoms with Gasteiger partial charge in [0.25, 0.3) is 0 Å². The number of carbonyl (C=O) groups is 1. The fraction of sp³-hybridized carbons (Fsp3) is 0.500. The van der Waals surface area contributed by atoms with Crippen LogP contribution >= 0.6 is 0 Å². The highest BCUT2D eigenvalue weighted by Crippen LogP contribution is 2.43. The molecule has 5 heteroatoms. The van der Waals surface area contributed by atoms with Crippen molar-refractivity contribution in [2.75, 3.05) is 7.05 Å². The maximum atomic E-state index is 11.4. The molecule has 2 aromatic rings. The van der Waals surface area contributed by atoms with Gasteiger partial charge >= 0.3 is 0 Å². The molecule has 0 saturated carbocycles. The third-order valence-electron chi connectivity index (χ3n) is 4.78. The van der Waals surface area contributed by atoms with Gasteiger partial charge in [0.1, 0.15) is 0 Å². The lowest BCUT2D eigenvalue weighted by molar-refractivity contribution is -0.120. The van der Waals surface area contributed by atoms with E-state index in [1.807, 2.05) is 0 Å². The Labute approximate surface area is 136 Å². The minimum Gasteiger partial charge on any atom is -0.359 e. The molecule has 0 radical (unpaired) electrons. The molecule has 3 rings (SSSR count). The standard InChI is InChI=1S/C18H23N3O2/c1-18(2)9-8-12(13-6-4-5-7-14(13)18)10-17-20-15(21-23-17)11-16(22)19-3/h4-7,12H,8-11H2,1-3H3,(H,19,22)/t12-/m0/s1. The number of amides is 1. The van der Waals surface area contributed by atoms with E-state index in [4.69, 9.17) is 4.52 Å². The lowest BCUT2D eigenvalue weighted by atomic mass is 9.68. The van der Waals surface area contributed by atoms with E-state index >= 15 is 0 Å². The second kappa shape index (κ2) is 6.14. The molecule has 1 aromatic heterocycles. The number of fused-ring (bicyclic) bond motifs is 1. The third kappa shape index (κ3) is 3.28. The average molecular weight is 313 g/mol. The number of hydrogen-bond donors (Lipinski definition) is 1. The minimum atomic E-state index is -0.109. The molecule has 0 spiro atoms. The highest BCUT2D eigenvalue weighted by atomic mass is 16.5. The van der Waals surface area contributed by atoms with Crippen LogP contribution in [0.1, 0.15) is 55.4 Å². The van der Waals surface area contributed by atoms with Crippen molar-refractivity contribution < 1.29 is 9.32 Å². The van der Waals surface area contributed by atoms with Gasteiger partial charge in [-0.1, -0.05) is 43.3 Å². The van der Waals surface area contributed by atoms with Gasteiger partial charge in [-0.2, -0.15) is 4.98 Å². The maximum Gasteiger partial charge on any atom is 0.227 e. The van der Waals surface area contributed by atoms with Crippen molar-refractivity contribution in [1.82, 2.24) is 15.5 Å². The predicted octanol–water partition coefficient (Wildman–Crippen LogP) is 2.76. The molecule has 23 heavy (non-hydrogen) atoms. The van der Waals surface area contributed by atoms with Crippen molar-refractivity contribution >= 4 is 5.91 Å². The van der Waals surface area contributed by atoms with Crippen LogP contribution in [0.3, 0.4) is 0 Å². The van der Waals surface area contributed by atoms with Gasteiger partial charge in [0.15, 0.2) is 5.82 Å². The van der Waals surface area contributed by atoms with Crippen molar-refractivity contribution in [1.29, 1.82) is 0 Å². The molecule has 0 fully saturated rings. The van der Waals surface area contributed by atoms with E-state index in [-0.39, 0.29) is 17.7 Å². The molecule has 0 bridgehead atoms. The Hall–Kier alpha value is -2.17. The summed E-state index contributed by atoms with van der Waals surface area (Å²) in [4.78, 5) is 15.7. The van der Waals surface area contributed by atoms with Gasteiger partial charge < -0.3 is 9.84 Å². The van der Waals surface area contributed by atoms with E-state index in [9.17, 15) is 4.79 Å². The van der Waals surface area contributed by atoms with Gasteiger partial charge in [0, 0.05) is 13.5 Å². The van der Waals surface area contributed by atoms with Gasteiger partial charge in [-0.15, -0.1) is 0 Å². The molecule has 1 aromatic carbocycles. The first-order valence-electron chi connectivity index (χ1n) is 8.11. The van der Waals surface area contributed by atoms with Gasteiger partial charge in [0.05, 0.1) is 6.42 Å². The molecule has 1 heterocycles. The van der Waals surface area contributed by atoms with Crippen molar-refractivity contribution in [3.63, 3.8) is 0 Å². The Morgan fingerprint density at radius 1 is 1.39 bits per heavy atom. The topological polar surface area (TPSA) is 68.0 Å². The Morgan fingerprint density at radius 3 is 2.96 bits per heavy atom. The molecule has 1 aliphatic carbocycles. The van der Waals surface area contributed by atoms with Gasteiger partial charge in [-0.3, -0.25) is 4.79 Å². The molecule has 122 valence electrons. The third-order valence-corrected chi connectivity index (χ3v) is 4.78. The van der Waals surface area contributed by atoms with Crippen LogP contribution in [-0.4, -0.2) is 23.1 Å². The Bertz CT molecular complexity index is 706. The van der Waals surface area contributed by atoms with Crippen LogP contribution in [0.25, 0.3) is 0 Å². The minimum absolute atomic E-state index is 0.109. The first kappa shape index (κ1) is 15.7. The second-order valence-electron chi connectivity index (χ2n) is 6.87. The van der Waals surface area contributed by atoms with E-state index < -0.39 is 0 Å². The summed E-state index contributed by atoms with van der Waals surface area (Å²) >= 11 is 0. The lowest BCUT2D eigenvalue weighted by Gasteiger charge is -2.36. The molecule has 0 saturated heterocycles. The molecule has 0 aliphatic heterocycles. The van der Waals surface area contributed by atoms with Crippen LogP contribution in [-0.2, 0) is 23.1 Å². The molecule has 1 atom stereocenters. The molecule has 1 aliphatic rings. The molecule has 5 nitrogen and oxygen atoms in total. The summed E-state index contributed by atoms with van der Waals surface area (Å²) in [5.41, 5.74) is 3.02. The highest BCUT2D eigenvalue weighted by molar-refractivity contribution is 5.77. The largest absolute Gasteiger partial charge is 0.359 e. The summed E-state index contributed by atoms with van der Waals surface area (Å²) in [5.74, 6) is 1.35. The van der Waals surface area contributed by atoms with Gasteiger partial charge in [-0.05, 0) is 35.3 Å². The van der Waals surface area contributed by atoms with Crippen molar-refractivity contribution in [2.45, 2.75) is 50.9 Å². The Kier molecular flexibility index (Phi) is 4.20. The van der Waals surface area contributed by atoms with E-state index in [1.54, 1.807) is 7.05 Å². The zero-order valence-electron chi connectivity index (χ0n) is 13.9. The Balaban J connectivity index is 1.78. The predicted molar refractivity (Wildman–Crippen MR) is 87.2 cm³/mol. The fourth-order valence-corrected chi connectivity index (χ4v) is 3.39. The summed E-state index contributed by atoms with van der Waals surface area (Å²) in [7, 11) is 1.60. The molecular formula is C18H23N3O2. The number of benzene rings is 1. The van der Waals surface area contributed by atoms with Crippen molar-refractivity contribution in [3.05, 3.63) is 47.1 Å². The van der Waals surface area contributed by atoms with Gasteiger partial charge in [0.2, 0.25) is 11.8 Å². The van der Waals surface area contributed by atoms with Crippen LogP contribution in [0.4, 0.5) is 0 Å². The smallest absolute Gasteiger partial charge is 0.227 e. The molecule has 0 unspecified atom stereocenters. The van der Waals surface area contributed by atoms with Crippen LogP contribution in [0, 0.1) is 0 Å². The zero-order chi connectivity index (χ0) is 16.4. The van der Waals surface area contributed by atoms with E-state index in [2.05, 4.69) is 53.6 Å². The summed E-state index contributed by atoms with van der Waals surface area (Å²) in [6, 6.07) is 8.64. The summed E-state index contributed by atoms with van der Waals surface area (Å²) in [6.45, 7) is 4.60. The number of nitrogens with one attached hydrogen (secondary N) is 1. The van der Waals surface area contributed by atoms with Crippen LogP contribution in [0.5, 0.6) is 0 Å². The van der Waals surface area contributed by atoms with Crippen LogP contribution in [0.15, 0.2) is 28.8 Å². The monoisotopic (exact) mass is 313 g/mol. The number of hydrogen-bond acceptors (Lipinski definition) is 4. The number of likely N-dealkylation sites (N-methyl/N-ethyl adjacent to an activating group) is 1. The first-order valence-corrected chi connectivity index (χ1v) is 8.11. The van der Waals surface area contributed by atoms with Crippen molar-refractivity contribution in [2.24, 2.45) is 0 Å². The Morgan fingerprint density at radius 2 is 2.17 bits per heavy atom. The summed E-state index contributed by atoms with van der Waals surface area (Å²) in [5, 5.41) is 6.47. The second-order valence-corrected chi connectivity index (χ2v) is 6.87. The van der Waals surface area contributed by atoms with E-state index in [1.165, 1.54) is 11.1 Å². The maximum absolute atomic E-state index is 11.4. The normalized spacial score (nSPS) is 19.2. The van der Waals surface area contributed by atoms with Crippen LogP contribution < -0.4 is 5.32 Å². The van der Waals surface area contributed by atoms with Crippen molar-refractivity contribution in [3.8, 4) is 0 Å². The van der Waals surface area contributed by atoms with Gasteiger partial charge in [-0.25, -0.2) is 0 Å². The first-order chi connectivity index (χ1) is 11.0. The number of nitrogens with zero attached hydrogens (tertiary/aromatic N) is 2. The summed E-state index contributed by atoms with van der Waals surface area (Å²) < 4.78 is 5.34. The fourth-order valence-electron chi connectivity index (χ4n) is 3.39. The summed E-state index contributed by atoms with van der Waals surface area (Å²) in [6.07, 6.45) is 3.15. The lowest BCUT2D eigenvalue weighted by Crippen LogP contribution is -2.27. The number of rotatable bonds is 4. The van der Waals surface area contributed by atoms with E-state index in [0.29, 0.717) is 17.6 Å².